The maximum atomic E-state index is 16.3. The Labute approximate surface area is 354 Å². The molecule has 5 heterocycles. The number of fused-ring (bicyclic) bond motifs is 4. The number of methoxy groups -OCH3 is 2. The van der Waals surface area contributed by atoms with Gasteiger partial charge in [-0.15, -0.1) is 0 Å². The molecule has 4 aliphatic rings. The SMILES string of the molecule is COC(=O)N[C@H](C(=O)N1C2CCC(C2)C1c1nc(-c2ccc3c(c2)C(C)(C)c2cc(F)c(-c4cnc([C@@H]5CCCN5C(=O)[C@@H](NC(=O)OC)C(C)C)[nH]4)cc2O3)c[nH]1)C(C)C. The largest absolute Gasteiger partial charge is 0.457 e. The van der Waals surface area contributed by atoms with Gasteiger partial charge in [-0.3, -0.25) is 9.59 Å². The number of carbonyl (C=O) groups is 4. The van der Waals surface area contributed by atoms with Crippen LogP contribution in [0.15, 0.2) is 42.7 Å². The highest BCUT2D eigenvalue weighted by Crippen LogP contribution is 2.52. The van der Waals surface area contributed by atoms with Crippen molar-refractivity contribution in [2.75, 3.05) is 20.8 Å². The Hall–Kier alpha value is -5.93. The number of rotatable bonds is 10. The number of hydrogen-bond donors (Lipinski definition) is 4. The molecule has 0 radical (unpaired) electrons. The fraction of sp³-hybridized carbons (Fsp3) is 0.511. The summed E-state index contributed by atoms with van der Waals surface area (Å²) in [5.74, 6) is 1.53. The van der Waals surface area contributed by atoms with Crippen LogP contribution < -0.4 is 15.4 Å². The number of piperidine rings is 1. The van der Waals surface area contributed by atoms with Gasteiger partial charge in [-0.05, 0) is 80.2 Å². The predicted octanol–water partition coefficient (Wildman–Crippen LogP) is 7.51. The van der Waals surface area contributed by atoms with E-state index in [1.165, 1.54) is 20.3 Å². The smallest absolute Gasteiger partial charge is 0.407 e. The van der Waals surface area contributed by atoms with E-state index in [2.05, 4.69) is 25.6 Å². The molecule has 2 saturated heterocycles. The predicted molar refractivity (Wildman–Crippen MR) is 223 cm³/mol. The lowest BCUT2D eigenvalue weighted by atomic mass is 9.75. The molecule has 1 aliphatic carbocycles. The summed E-state index contributed by atoms with van der Waals surface area (Å²) in [6.45, 7) is 12.1. The number of nitrogens with zero attached hydrogens (tertiary/aromatic N) is 4. The van der Waals surface area contributed by atoms with E-state index in [0.717, 1.165) is 36.8 Å². The highest BCUT2D eigenvalue weighted by atomic mass is 19.1. The van der Waals surface area contributed by atoms with Crippen LogP contribution in [0.3, 0.4) is 0 Å². The first-order valence-electron chi connectivity index (χ1n) is 21.2. The van der Waals surface area contributed by atoms with Crippen LogP contribution in [0.25, 0.3) is 22.5 Å². The number of hydrogen-bond acceptors (Lipinski definition) is 9. The first kappa shape index (κ1) is 41.8. The van der Waals surface area contributed by atoms with Crippen molar-refractivity contribution in [3.8, 4) is 34.0 Å². The van der Waals surface area contributed by atoms with Crippen LogP contribution in [0.5, 0.6) is 11.5 Å². The van der Waals surface area contributed by atoms with Gasteiger partial charge in [0.2, 0.25) is 11.8 Å². The zero-order chi connectivity index (χ0) is 43.5. The molecule has 15 nitrogen and oxygen atoms in total. The minimum absolute atomic E-state index is 0.0731. The van der Waals surface area contributed by atoms with Gasteiger partial charge in [0.1, 0.15) is 41.0 Å². The highest BCUT2D eigenvalue weighted by Gasteiger charge is 2.51. The van der Waals surface area contributed by atoms with E-state index >= 15 is 4.39 Å². The lowest BCUT2D eigenvalue weighted by Gasteiger charge is -2.37. The van der Waals surface area contributed by atoms with Gasteiger partial charge in [-0.25, -0.2) is 23.9 Å². The van der Waals surface area contributed by atoms with Crippen molar-refractivity contribution in [2.24, 2.45) is 17.8 Å². The molecular weight excluding hydrogens is 784 g/mol. The number of benzene rings is 2. The van der Waals surface area contributed by atoms with Crippen molar-refractivity contribution >= 4 is 24.0 Å². The first-order valence-corrected chi connectivity index (χ1v) is 21.2. The molecule has 61 heavy (non-hydrogen) atoms. The number of aromatic amines is 2. The number of alkyl carbamates (subject to hydrolysis) is 2. The standard InChI is InChI=1S/C45H55FN8O7/c1-22(2)36(51-43(57)59-7)41(55)53-15-9-10-33(53)39-47-21-32(50-39)27-18-35-29(19-30(27)46)45(5,6)28-17-24(12-14-34(28)61-35)31-20-48-40(49-31)38-25-11-13-26(16-25)54(38)42(56)37(23(3)4)52-44(58)60-8/h12,14,17-23,25-26,33,36-38H,9-11,13,15-16H2,1-8H3,(H,47,50)(H,48,49)(H,51,57)(H,52,58)/t25?,26?,33-,36-,37-,38?/m0/s1. The van der Waals surface area contributed by atoms with E-state index in [4.69, 9.17) is 19.2 Å². The van der Waals surface area contributed by atoms with Crippen LogP contribution >= 0.6 is 0 Å². The molecule has 2 aromatic carbocycles. The van der Waals surface area contributed by atoms with Crippen molar-refractivity contribution in [1.29, 1.82) is 0 Å². The zero-order valence-electron chi connectivity index (χ0n) is 35.9. The van der Waals surface area contributed by atoms with Gasteiger partial charge >= 0.3 is 12.2 Å². The van der Waals surface area contributed by atoms with Crippen molar-refractivity contribution < 1.29 is 37.8 Å². The Kier molecular flexibility index (Phi) is 11.1. The van der Waals surface area contributed by atoms with Crippen LogP contribution in [0, 0.1) is 23.6 Å². The molecular formula is C45H55FN8O7. The summed E-state index contributed by atoms with van der Waals surface area (Å²) in [4.78, 5) is 71.9. The summed E-state index contributed by atoms with van der Waals surface area (Å²) >= 11 is 0. The van der Waals surface area contributed by atoms with Crippen molar-refractivity contribution in [2.45, 2.75) is 109 Å². The molecule has 2 bridgehead atoms. The molecule has 0 spiro atoms. The summed E-state index contributed by atoms with van der Waals surface area (Å²) in [6.07, 6.45) is 6.33. The molecule has 324 valence electrons. The van der Waals surface area contributed by atoms with Gasteiger partial charge in [0, 0.05) is 46.5 Å². The maximum absolute atomic E-state index is 16.3. The van der Waals surface area contributed by atoms with Crippen molar-refractivity contribution in [3.05, 3.63) is 71.3 Å². The minimum atomic E-state index is -0.770. The molecule has 3 aliphatic heterocycles. The second-order valence-corrected chi connectivity index (χ2v) is 17.9. The molecule has 3 unspecified atom stereocenters. The molecule has 8 rings (SSSR count). The van der Waals surface area contributed by atoms with Gasteiger partial charge in [-0.1, -0.05) is 41.5 Å². The number of amides is 4. The topological polar surface area (TPSA) is 184 Å². The molecule has 16 heteroatoms. The Morgan fingerprint density at radius 2 is 1.59 bits per heavy atom. The summed E-state index contributed by atoms with van der Waals surface area (Å²) in [7, 11) is 2.55. The Morgan fingerprint density at radius 3 is 2.28 bits per heavy atom. The number of carbonyl (C=O) groups excluding carboxylic acids is 4. The number of ether oxygens (including phenoxy) is 3. The Morgan fingerprint density at radius 1 is 0.902 bits per heavy atom. The van der Waals surface area contributed by atoms with E-state index in [0.29, 0.717) is 53.1 Å². The van der Waals surface area contributed by atoms with Crippen LogP contribution in [0.1, 0.15) is 109 Å². The van der Waals surface area contributed by atoms with Crippen molar-refractivity contribution in [1.82, 2.24) is 40.4 Å². The summed E-state index contributed by atoms with van der Waals surface area (Å²) in [5, 5.41) is 5.41. The lowest BCUT2D eigenvalue weighted by molar-refractivity contribution is -0.139. The molecule has 4 amide bonds. The highest BCUT2D eigenvalue weighted by molar-refractivity contribution is 5.87. The third-order valence-corrected chi connectivity index (χ3v) is 13.1. The van der Waals surface area contributed by atoms with E-state index < -0.39 is 35.5 Å². The molecule has 4 aromatic rings. The summed E-state index contributed by atoms with van der Waals surface area (Å²) in [5.41, 5.74) is 3.19. The van der Waals surface area contributed by atoms with Crippen LogP contribution in [-0.2, 0) is 24.5 Å². The summed E-state index contributed by atoms with van der Waals surface area (Å²) in [6, 6.07) is 7.06. The fourth-order valence-electron chi connectivity index (χ4n) is 9.85. The Bertz CT molecular complexity index is 2360. The number of H-pyrrole nitrogens is 2. The zero-order valence-corrected chi connectivity index (χ0v) is 35.9. The molecule has 2 aromatic heterocycles. The summed E-state index contributed by atoms with van der Waals surface area (Å²) < 4.78 is 32.3. The number of aromatic nitrogens is 4. The Balaban J connectivity index is 1.02. The van der Waals surface area contributed by atoms with Gasteiger partial charge in [0.05, 0.1) is 43.9 Å². The normalized spacial score (nSPS) is 22.1. The number of halogens is 1. The lowest BCUT2D eigenvalue weighted by Crippen LogP contribution is -2.54. The van der Waals surface area contributed by atoms with E-state index in [1.54, 1.807) is 17.2 Å². The molecule has 3 fully saturated rings. The molecule has 6 atom stereocenters. The third-order valence-electron chi connectivity index (χ3n) is 13.1. The first-order chi connectivity index (χ1) is 29.1. The fourth-order valence-corrected chi connectivity index (χ4v) is 9.85. The number of nitrogens with one attached hydrogen (secondary N) is 4. The van der Waals surface area contributed by atoms with Crippen LogP contribution in [0.4, 0.5) is 14.0 Å². The second kappa shape index (κ2) is 16.2. The van der Waals surface area contributed by atoms with Crippen LogP contribution in [-0.4, -0.2) is 92.6 Å². The second-order valence-electron chi connectivity index (χ2n) is 17.9. The monoisotopic (exact) mass is 838 g/mol. The van der Waals surface area contributed by atoms with Gasteiger partial charge in [0.15, 0.2) is 0 Å². The van der Waals surface area contributed by atoms with Crippen molar-refractivity contribution in [3.63, 3.8) is 0 Å². The average Bonchev–Trinajstić information content (AvgIpc) is 4.10. The average molecular weight is 839 g/mol. The van der Waals surface area contributed by atoms with Crippen LogP contribution in [0.2, 0.25) is 0 Å². The molecule has 1 saturated carbocycles. The number of imidazole rings is 2. The number of likely N-dealkylation sites (tertiary alicyclic amines) is 2. The van der Waals surface area contributed by atoms with Gasteiger partial charge in [-0.2, -0.15) is 0 Å². The van der Waals surface area contributed by atoms with E-state index in [1.807, 2.05) is 70.8 Å². The minimum Gasteiger partial charge on any atom is -0.457 e. The third kappa shape index (κ3) is 7.47. The van der Waals surface area contributed by atoms with Gasteiger partial charge < -0.3 is 44.6 Å². The maximum Gasteiger partial charge on any atom is 0.407 e. The van der Waals surface area contributed by atoms with Gasteiger partial charge in [0.25, 0.3) is 0 Å². The quantitative estimate of drug-likeness (QED) is 0.126. The van der Waals surface area contributed by atoms with E-state index in [-0.39, 0.29) is 53.3 Å². The van der Waals surface area contributed by atoms with E-state index in [9.17, 15) is 19.2 Å². The molecule has 4 N–H and O–H groups in total.